The van der Waals surface area contributed by atoms with E-state index in [1.165, 1.54) is 18.9 Å². The number of methoxy groups -OCH3 is 1. The Kier molecular flexibility index (Phi) is 4.78. The standard InChI is InChI=1S/C17H19N3O5S/c1-9-8-26-16-17(25-2,15(24)20(16)12(9)14(22)23)19-13(21)11(18)10-6-4-3-5-7-10/h3-7,11,16H,8,18H2,1-2H3,(H,19,21)(H,22,23)/t11?,16?,17-/m1/s1. The fourth-order valence-corrected chi connectivity index (χ4v) is 4.49. The molecule has 26 heavy (non-hydrogen) atoms. The molecule has 1 aromatic carbocycles. The number of nitrogens with one attached hydrogen (secondary N) is 1. The number of nitrogens with two attached hydrogens (primary N) is 1. The molecule has 138 valence electrons. The van der Waals surface area contributed by atoms with Crippen molar-refractivity contribution in [3.8, 4) is 0 Å². The van der Waals surface area contributed by atoms with E-state index in [1.807, 2.05) is 0 Å². The highest BCUT2D eigenvalue weighted by Gasteiger charge is 2.66. The Labute approximate surface area is 154 Å². The third-order valence-electron chi connectivity index (χ3n) is 4.50. The lowest BCUT2D eigenvalue weighted by atomic mass is 9.97. The molecule has 1 aromatic rings. The molecule has 1 saturated heterocycles. The first-order chi connectivity index (χ1) is 12.3. The predicted octanol–water partition coefficient (Wildman–Crippen LogP) is 0.419. The maximum atomic E-state index is 12.7. The molecule has 2 amide bonds. The summed E-state index contributed by atoms with van der Waals surface area (Å²) in [6, 6.07) is 7.77. The summed E-state index contributed by atoms with van der Waals surface area (Å²) in [4.78, 5) is 38.0. The van der Waals surface area contributed by atoms with E-state index in [0.717, 1.165) is 4.90 Å². The zero-order valence-electron chi connectivity index (χ0n) is 14.3. The van der Waals surface area contributed by atoms with Crippen molar-refractivity contribution in [1.82, 2.24) is 10.2 Å². The number of benzene rings is 1. The molecule has 0 saturated carbocycles. The molecular weight excluding hydrogens is 358 g/mol. The summed E-state index contributed by atoms with van der Waals surface area (Å²) in [7, 11) is 1.30. The third kappa shape index (κ3) is 2.68. The Bertz CT molecular complexity index is 797. The normalized spacial score (nSPS) is 26.0. The van der Waals surface area contributed by atoms with E-state index >= 15 is 0 Å². The van der Waals surface area contributed by atoms with Gasteiger partial charge in [-0.2, -0.15) is 0 Å². The van der Waals surface area contributed by atoms with Crippen LogP contribution in [0.4, 0.5) is 0 Å². The predicted molar refractivity (Wildman–Crippen MR) is 94.7 cm³/mol. The van der Waals surface area contributed by atoms with Crippen LogP contribution >= 0.6 is 11.8 Å². The molecule has 3 atom stereocenters. The Hall–Kier alpha value is -2.36. The Balaban J connectivity index is 1.84. The minimum absolute atomic E-state index is 0.0620. The number of nitrogens with zero attached hydrogens (tertiary/aromatic N) is 1. The topological polar surface area (TPSA) is 122 Å². The minimum Gasteiger partial charge on any atom is -0.477 e. The van der Waals surface area contributed by atoms with E-state index < -0.39 is 34.9 Å². The number of hydrogen-bond donors (Lipinski definition) is 3. The van der Waals surface area contributed by atoms with E-state index in [4.69, 9.17) is 10.5 Å². The van der Waals surface area contributed by atoms with Crippen LogP contribution in [0.2, 0.25) is 0 Å². The number of aliphatic carboxylic acids is 1. The fraction of sp³-hybridized carbons (Fsp3) is 0.353. The monoisotopic (exact) mass is 377 g/mol. The Morgan fingerprint density at radius 3 is 2.65 bits per heavy atom. The van der Waals surface area contributed by atoms with Crippen LogP contribution in [0.5, 0.6) is 0 Å². The molecule has 0 bridgehead atoms. The van der Waals surface area contributed by atoms with Gasteiger partial charge in [-0.25, -0.2) is 4.79 Å². The van der Waals surface area contributed by atoms with Crippen LogP contribution in [0.3, 0.4) is 0 Å². The number of hydrogen-bond acceptors (Lipinski definition) is 6. The second kappa shape index (κ2) is 6.75. The molecular formula is C17H19N3O5S. The highest BCUT2D eigenvalue weighted by atomic mass is 32.2. The van der Waals surface area contributed by atoms with Crippen molar-refractivity contribution in [1.29, 1.82) is 0 Å². The Morgan fingerprint density at radius 2 is 2.08 bits per heavy atom. The molecule has 4 N–H and O–H groups in total. The summed E-state index contributed by atoms with van der Waals surface area (Å²) in [6.07, 6.45) is 0. The molecule has 0 aliphatic carbocycles. The van der Waals surface area contributed by atoms with Crippen LogP contribution in [0, 0.1) is 0 Å². The molecule has 0 spiro atoms. The van der Waals surface area contributed by atoms with Crippen LogP contribution < -0.4 is 11.1 Å². The third-order valence-corrected chi connectivity index (χ3v) is 5.95. The number of carboxylic acids is 1. The van der Waals surface area contributed by atoms with E-state index in [1.54, 1.807) is 37.3 Å². The molecule has 2 unspecified atom stereocenters. The molecule has 0 radical (unpaired) electrons. The molecule has 2 aliphatic rings. The van der Waals surface area contributed by atoms with Gasteiger partial charge < -0.3 is 20.9 Å². The summed E-state index contributed by atoms with van der Waals surface area (Å²) in [6.45, 7) is 1.66. The summed E-state index contributed by atoms with van der Waals surface area (Å²) in [5.41, 5.74) is 5.48. The number of ether oxygens (including phenoxy) is 1. The van der Waals surface area contributed by atoms with Gasteiger partial charge in [0, 0.05) is 12.9 Å². The van der Waals surface area contributed by atoms with Gasteiger partial charge in [-0.1, -0.05) is 30.3 Å². The molecule has 9 heteroatoms. The van der Waals surface area contributed by atoms with E-state index in [0.29, 0.717) is 16.9 Å². The minimum atomic E-state index is -1.63. The van der Waals surface area contributed by atoms with Crippen molar-refractivity contribution >= 4 is 29.5 Å². The molecule has 3 rings (SSSR count). The van der Waals surface area contributed by atoms with Crippen molar-refractivity contribution in [3.05, 3.63) is 47.2 Å². The lowest BCUT2D eigenvalue weighted by molar-refractivity contribution is -0.192. The second-order valence-electron chi connectivity index (χ2n) is 6.09. The number of β-lactam (4-membered cyclic amide) rings is 1. The van der Waals surface area contributed by atoms with Crippen molar-refractivity contribution in [2.24, 2.45) is 5.73 Å². The van der Waals surface area contributed by atoms with Crippen LogP contribution in [0.25, 0.3) is 0 Å². The number of carboxylic acid groups (broad SMARTS) is 1. The van der Waals surface area contributed by atoms with Crippen molar-refractivity contribution in [2.45, 2.75) is 24.1 Å². The van der Waals surface area contributed by atoms with E-state index in [2.05, 4.69) is 5.32 Å². The molecule has 8 nitrogen and oxygen atoms in total. The molecule has 0 aromatic heterocycles. The van der Waals surface area contributed by atoms with Crippen LogP contribution in [0.15, 0.2) is 41.6 Å². The molecule has 1 fully saturated rings. The van der Waals surface area contributed by atoms with E-state index in [-0.39, 0.29) is 5.70 Å². The first-order valence-corrected chi connectivity index (χ1v) is 8.94. The van der Waals surface area contributed by atoms with Crippen molar-refractivity contribution in [2.75, 3.05) is 12.9 Å². The van der Waals surface area contributed by atoms with Crippen molar-refractivity contribution in [3.63, 3.8) is 0 Å². The van der Waals surface area contributed by atoms with Gasteiger partial charge in [0.2, 0.25) is 5.91 Å². The van der Waals surface area contributed by atoms with Crippen LogP contribution in [-0.4, -0.2) is 51.8 Å². The van der Waals surface area contributed by atoms with Gasteiger partial charge in [0.25, 0.3) is 11.6 Å². The zero-order valence-corrected chi connectivity index (χ0v) is 15.1. The summed E-state index contributed by atoms with van der Waals surface area (Å²) >= 11 is 1.33. The quantitative estimate of drug-likeness (QED) is 0.502. The van der Waals surface area contributed by atoms with Crippen molar-refractivity contribution < 1.29 is 24.2 Å². The highest BCUT2D eigenvalue weighted by molar-refractivity contribution is 8.00. The average Bonchev–Trinajstić information content (AvgIpc) is 2.65. The zero-order chi connectivity index (χ0) is 19.1. The lowest BCUT2D eigenvalue weighted by Gasteiger charge is -2.55. The van der Waals surface area contributed by atoms with Gasteiger partial charge in [0.1, 0.15) is 17.1 Å². The number of amides is 2. The first kappa shape index (κ1) is 18.4. The van der Waals surface area contributed by atoms with E-state index in [9.17, 15) is 19.5 Å². The summed E-state index contributed by atoms with van der Waals surface area (Å²) < 4.78 is 5.36. The van der Waals surface area contributed by atoms with Gasteiger partial charge in [-0.15, -0.1) is 11.8 Å². The fourth-order valence-electron chi connectivity index (χ4n) is 3.11. The maximum absolute atomic E-state index is 12.7. The number of rotatable bonds is 5. The lowest BCUT2D eigenvalue weighted by Crippen LogP contribution is -2.81. The molecule has 2 heterocycles. The smallest absolute Gasteiger partial charge is 0.352 e. The number of thioether (sulfide) groups is 1. The second-order valence-corrected chi connectivity index (χ2v) is 7.16. The van der Waals surface area contributed by atoms with Gasteiger partial charge in [0.15, 0.2) is 0 Å². The highest BCUT2D eigenvalue weighted by Crippen LogP contribution is 2.46. The number of carbonyl (C=O) groups excluding carboxylic acids is 2. The SMILES string of the molecule is CO[C@]1(NC(=O)C(N)c2ccccc2)C(=O)N2C(C(=O)O)=C(C)CSC21. The maximum Gasteiger partial charge on any atom is 0.352 e. The Morgan fingerprint density at radius 1 is 1.42 bits per heavy atom. The van der Waals surface area contributed by atoms with Crippen LogP contribution in [0.1, 0.15) is 18.5 Å². The first-order valence-electron chi connectivity index (χ1n) is 7.89. The number of carbonyl (C=O) groups is 3. The number of fused-ring (bicyclic) bond motifs is 1. The van der Waals surface area contributed by atoms with Gasteiger partial charge in [-0.05, 0) is 18.1 Å². The average molecular weight is 377 g/mol. The van der Waals surface area contributed by atoms with Gasteiger partial charge in [0.05, 0.1) is 0 Å². The van der Waals surface area contributed by atoms with Gasteiger partial charge >= 0.3 is 5.97 Å². The molecule has 2 aliphatic heterocycles. The van der Waals surface area contributed by atoms with Crippen LogP contribution in [-0.2, 0) is 19.1 Å². The van der Waals surface area contributed by atoms with Gasteiger partial charge in [-0.3, -0.25) is 14.5 Å². The summed E-state index contributed by atoms with van der Waals surface area (Å²) in [5.74, 6) is -1.96. The largest absolute Gasteiger partial charge is 0.477 e. The summed E-state index contributed by atoms with van der Waals surface area (Å²) in [5, 5.41) is 11.3.